The van der Waals surface area contributed by atoms with Crippen LogP contribution >= 0.6 is 15.6 Å². The number of aliphatic hydroxyl groups excluding tert-OH is 1. The van der Waals surface area contributed by atoms with E-state index in [4.69, 9.17) is 37.0 Å². The third kappa shape index (κ3) is 62.7. The largest absolute Gasteiger partial charge is 0.472 e. The van der Waals surface area contributed by atoms with Gasteiger partial charge >= 0.3 is 39.5 Å². The van der Waals surface area contributed by atoms with Crippen LogP contribution < -0.4 is 0 Å². The summed E-state index contributed by atoms with van der Waals surface area (Å²) in [6.45, 7) is 11.7. The molecule has 0 aromatic heterocycles. The number of hydrogen-bond donors (Lipinski definition) is 3. The Morgan fingerprint density at radius 1 is 0.371 bits per heavy atom. The Kier molecular flexibility index (Phi) is 58.8. The molecule has 0 aromatic carbocycles. The van der Waals surface area contributed by atoms with E-state index >= 15 is 0 Å². The summed E-state index contributed by atoms with van der Waals surface area (Å²) in [4.78, 5) is 72.5. The van der Waals surface area contributed by atoms with Crippen molar-refractivity contribution in [1.82, 2.24) is 0 Å². The number of phosphoric ester groups is 2. The predicted octanol–water partition coefficient (Wildman–Crippen LogP) is 19.4. The molecule has 89 heavy (non-hydrogen) atoms. The molecule has 0 radical (unpaired) electrons. The average molecular weight is 1310 g/mol. The maximum absolute atomic E-state index is 13.0. The monoisotopic (exact) mass is 1310 g/mol. The van der Waals surface area contributed by atoms with Crippen molar-refractivity contribution in [3.05, 3.63) is 24.3 Å². The minimum absolute atomic E-state index is 0.0987. The zero-order valence-corrected chi connectivity index (χ0v) is 59.2. The number of rotatable bonds is 66. The molecule has 0 rings (SSSR count). The maximum Gasteiger partial charge on any atom is 0.472 e. The number of ether oxygens (including phenoxy) is 4. The first kappa shape index (κ1) is 86.5. The zero-order valence-electron chi connectivity index (χ0n) is 57.4. The Morgan fingerprint density at radius 3 is 1.00 bits per heavy atom. The second kappa shape index (κ2) is 60.5. The Hall–Kier alpha value is -2.46. The molecule has 0 heterocycles. The summed E-state index contributed by atoms with van der Waals surface area (Å²) in [5.41, 5.74) is 0. The predicted molar refractivity (Wildman–Crippen MR) is 358 cm³/mol. The Balaban J connectivity index is 5.29. The van der Waals surface area contributed by atoms with Gasteiger partial charge in [0.15, 0.2) is 12.2 Å². The number of esters is 4. The first-order chi connectivity index (χ1) is 42.8. The highest BCUT2D eigenvalue weighted by Crippen LogP contribution is 2.45. The molecule has 4 unspecified atom stereocenters. The average Bonchev–Trinajstić information content (AvgIpc) is 3.69. The van der Waals surface area contributed by atoms with Crippen LogP contribution in [0.15, 0.2) is 24.3 Å². The van der Waals surface area contributed by atoms with Gasteiger partial charge in [-0.1, -0.05) is 272 Å². The van der Waals surface area contributed by atoms with Gasteiger partial charge in [0.25, 0.3) is 0 Å². The minimum Gasteiger partial charge on any atom is -0.462 e. The lowest BCUT2D eigenvalue weighted by atomic mass is 9.99. The van der Waals surface area contributed by atoms with Crippen LogP contribution in [-0.2, 0) is 65.4 Å². The van der Waals surface area contributed by atoms with E-state index < -0.39 is 97.5 Å². The number of hydrogen-bond acceptors (Lipinski definition) is 15. The quantitative estimate of drug-likeness (QED) is 0.0169. The van der Waals surface area contributed by atoms with Crippen LogP contribution in [0, 0.1) is 17.8 Å². The smallest absolute Gasteiger partial charge is 0.462 e. The van der Waals surface area contributed by atoms with Crippen molar-refractivity contribution in [3.8, 4) is 0 Å². The van der Waals surface area contributed by atoms with Crippen molar-refractivity contribution in [2.24, 2.45) is 17.8 Å². The normalized spacial score (nSPS) is 14.7. The number of unbranched alkanes of at least 4 members (excludes halogenated alkanes) is 30. The number of carbonyl (C=O) groups excluding carboxylic acids is 4. The Labute approximate surface area is 542 Å². The highest BCUT2D eigenvalue weighted by Gasteiger charge is 2.30. The van der Waals surface area contributed by atoms with Crippen molar-refractivity contribution >= 4 is 39.5 Å². The molecule has 0 spiro atoms. The van der Waals surface area contributed by atoms with Gasteiger partial charge in [-0.15, -0.1) is 0 Å². The first-order valence-electron chi connectivity index (χ1n) is 35.7. The summed E-state index contributed by atoms with van der Waals surface area (Å²) in [5.74, 6) is 0.0373. The summed E-state index contributed by atoms with van der Waals surface area (Å²) in [6, 6.07) is 0. The van der Waals surface area contributed by atoms with Gasteiger partial charge in [-0.25, -0.2) is 9.13 Å². The highest BCUT2D eigenvalue weighted by atomic mass is 31.2. The van der Waals surface area contributed by atoms with Crippen molar-refractivity contribution in [3.63, 3.8) is 0 Å². The van der Waals surface area contributed by atoms with Crippen molar-refractivity contribution < 1.29 is 80.2 Å². The highest BCUT2D eigenvalue weighted by molar-refractivity contribution is 7.47. The molecule has 3 N–H and O–H groups in total. The molecule has 0 fully saturated rings. The Bertz CT molecular complexity index is 1840. The second-order valence-corrected chi connectivity index (χ2v) is 28.7. The third-order valence-corrected chi connectivity index (χ3v) is 17.8. The molecule has 0 saturated carbocycles. The van der Waals surface area contributed by atoms with Crippen molar-refractivity contribution in [2.45, 2.75) is 343 Å². The minimum atomic E-state index is -4.96. The lowest BCUT2D eigenvalue weighted by Crippen LogP contribution is -2.30. The van der Waals surface area contributed by atoms with E-state index in [1.54, 1.807) is 0 Å². The van der Waals surface area contributed by atoms with Crippen molar-refractivity contribution in [2.75, 3.05) is 39.6 Å². The van der Waals surface area contributed by atoms with Gasteiger partial charge < -0.3 is 33.8 Å². The summed E-state index contributed by atoms with van der Waals surface area (Å²) in [6.07, 6.45) is 46.8. The lowest BCUT2D eigenvalue weighted by molar-refractivity contribution is -0.161. The van der Waals surface area contributed by atoms with Gasteiger partial charge in [0.05, 0.1) is 26.4 Å². The second-order valence-electron chi connectivity index (χ2n) is 25.8. The maximum atomic E-state index is 13.0. The molecule has 17 nitrogen and oxygen atoms in total. The Morgan fingerprint density at radius 2 is 0.663 bits per heavy atom. The summed E-state index contributed by atoms with van der Waals surface area (Å²) in [7, 11) is -9.91. The molecule has 0 bridgehead atoms. The third-order valence-electron chi connectivity index (χ3n) is 15.9. The fourth-order valence-corrected chi connectivity index (χ4v) is 11.5. The molecule has 6 atom stereocenters. The van der Waals surface area contributed by atoms with Gasteiger partial charge in [-0.3, -0.25) is 37.3 Å². The van der Waals surface area contributed by atoms with Crippen LogP contribution in [0.2, 0.25) is 0 Å². The van der Waals surface area contributed by atoms with Crippen LogP contribution in [0.25, 0.3) is 0 Å². The number of carbonyl (C=O) groups is 4. The van der Waals surface area contributed by atoms with E-state index in [-0.39, 0.29) is 25.7 Å². The molecule has 19 heteroatoms. The van der Waals surface area contributed by atoms with Gasteiger partial charge in [0, 0.05) is 25.7 Å². The van der Waals surface area contributed by atoms with E-state index in [1.807, 2.05) is 0 Å². The molecule has 0 aliphatic rings. The summed E-state index contributed by atoms with van der Waals surface area (Å²) < 4.78 is 68.2. The first-order valence-corrected chi connectivity index (χ1v) is 38.7. The van der Waals surface area contributed by atoms with Crippen LogP contribution in [0.1, 0.15) is 325 Å². The van der Waals surface area contributed by atoms with Crippen molar-refractivity contribution in [1.29, 1.82) is 0 Å². The summed E-state index contributed by atoms with van der Waals surface area (Å²) >= 11 is 0. The van der Waals surface area contributed by atoms with Gasteiger partial charge in [0.1, 0.15) is 19.3 Å². The van der Waals surface area contributed by atoms with E-state index in [0.717, 1.165) is 121 Å². The van der Waals surface area contributed by atoms with E-state index in [0.29, 0.717) is 37.5 Å². The van der Waals surface area contributed by atoms with E-state index in [9.17, 15) is 43.2 Å². The molecule has 0 saturated heterocycles. The van der Waals surface area contributed by atoms with E-state index in [1.165, 1.54) is 109 Å². The molecule has 0 aliphatic heterocycles. The van der Waals surface area contributed by atoms with Crippen LogP contribution in [-0.4, -0.2) is 96.7 Å². The van der Waals surface area contributed by atoms with Crippen LogP contribution in [0.5, 0.6) is 0 Å². The zero-order chi connectivity index (χ0) is 65.9. The molecule has 0 aliphatic carbocycles. The lowest BCUT2D eigenvalue weighted by Gasteiger charge is -2.21. The molecule has 524 valence electrons. The molecule has 0 aromatic rings. The molecular weight excluding hydrogens is 1170 g/mol. The summed E-state index contributed by atoms with van der Waals surface area (Å²) in [5, 5.41) is 10.6. The number of aliphatic hydroxyl groups is 1. The topological polar surface area (TPSA) is 237 Å². The molecular formula is C70H132O17P2. The van der Waals surface area contributed by atoms with Gasteiger partial charge in [-0.2, -0.15) is 0 Å². The fraction of sp³-hybridized carbons (Fsp3) is 0.886. The SMILES string of the molecule is CCCCCC/C=C\C=C/CCCCCCCC(=O)OC[C@H](COP(=O)(O)OCC(O)COP(=O)(O)OC[C@@H](COC(=O)CCCCCCCCCC(C)C)OC(=O)CCCCCCCCCC(C)C)OC(=O)CCCCCCCCCCCCC(C)CC. The molecule has 0 amide bonds. The fourth-order valence-electron chi connectivity index (χ4n) is 9.97. The van der Waals surface area contributed by atoms with Gasteiger partial charge in [0.2, 0.25) is 0 Å². The van der Waals surface area contributed by atoms with Gasteiger partial charge in [-0.05, 0) is 69.1 Å². The van der Waals surface area contributed by atoms with E-state index in [2.05, 4.69) is 72.8 Å². The standard InChI is InChI=1S/C70H132O17P2/c1-8-10-11-12-13-14-15-16-17-18-19-23-30-37-44-51-67(72)80-57-65(86-69(74)53-46-39-31-24-21-20-22-29-36-43-50-63(7)9-2)59-84-88(76,77)82-55-64(71)56-83-89(78,79)85-60-66(87-70(75)54-47-40-33-26-28-35-42-49-62(5)6)58-81-68(73)52-45-38-32-25-27-34-41-48-61(3)4/h14-17,61-66,71H,8-13,18-60H2,1-7H3,(H,76,77)(H,78,79)/b15-14-,17-16-/t63?,64?,65-,66-/m1/s1. The number of allylic oxidation sites excluding steroid dienone is 4. The van der Waals surface area contributed by atoms with Crippen LogP contribution in [0.4, 0.5) is 0 Å². The number of phosphoric acid groups is 2. The van der Waals surface area contributed by atoms with Crippen LogP contribution in [0.3, 0.4) is 0 Å².